The molecule has 0 heterocycles. The number of ether oxygens (including phenoxy) is 6. The number of carbonyl (C=O) groups excluding carboxylic acids is 6. The Morgan fingerprint density at radius 2 is 1.06 bits per heavy atom. The van der Waals surface area contributed by atoms with Gasteiger partial charge in [-0.3, -0.25) is 28.8 Å². The van der Waals surface area contributed by atoms with Gasteiger partial charge in [0.05, 0.1) is 14.2 Å². The third kappa shape index (κ3) is 11.0. The van der Waals surface area contributed by atoms with Crippen LogP contribution in [0, 0.1) is 5.92 Å². The standard InChI is InChI=1S/C19H28O12/c1-10(20)28-9-16(30-12(3)22)17(31-13(4)23)15(29-11(2)21)8-7-14(18(24)26-5)19(25)27-6/h14-17H,7-9H2,1-6H3/t15-,16-,17+/m1/s1. The molecule has 0 aliphatic carbocycles. The normalized spacial score (nSPS) is 13.3. The summed E-state index contributed by atoms with van der Waals surface area (Å²) >= 11 is 0. The number of carbonyl (C=O) groups is 6. The van der Waals surface area contributed by atoms with Gasteiger partial charge in [0.15, 0.2) is 18.1 Å². The molecule has 176 valence electrons. The molecule has 31 heavy (non-hydrogen) atoms. The van der Waals surface area contributed by atoms with Gasteiger partial charge in [0.25, 0.3) is 0 Å². The fourth-order valence-corrected chi connectivity index (χ4v) is 2.64. The van der Waals surface area contributed by atoms with Crippen LogP contribution in [0.25, 0.3) is 0 Å². The average molecular weight is 448 g/mol. The van der Waals surface area contributed by atoms with Crippen LogP contribution in [-0.4, -0.2) is 75.0 Å². The maximum atomic E-state index is 11.9. The van der Waals surface area contributed by atoms with E-state index in [2.05, 4.69) is 9.47 Å². The lowest BCUT2D eigenvalue weighted by Gasteiger charge is -2.32. The van der Waals surface area contributed by atoms with Crippen molar-refractivity contribution in [1.29, 1.82) is 0 Å². The lowest BCUT2D eigenvalue weighted by atomic mass is 9.96. The van der Waals surface area contributed by atoms with Crippen LogP contribution in [0.2, 0.25) is 0 Å². The molecule has 0 saturated heterocycles. The van der Waals surface area contributed by atoms with E-state index in [0.29, 0.717) is 0 Å². The molecule has 0 bridgehead atoms. The van der Waals surface area contributed by atoms with E-state index in [4.69, 9.17) is 18.9 Å². The number of methoxy groups -OCH3 is 2. The largest absolute Gasteiger partial charge is 0.468 e. The molecule has 0 amide bonds. The molecule has 0 aromatic rings. The molecule has 12 nitrogen and oxygen atoms in total. The lowest BCUT2D eigenvalue weighted by molar-refractivity contribution is -0.190. The number of rotatable bonds is 12. The Balaban J connectivity index is 5.91. The van der Waals surface area contributed by atoms with Crippen LogP contribution < -0.4 is 0 Å². The van der Waals surface area contributed by atoms with Crippen molar-refractivity contribution in [2.24, 2.45) is 5.92 Å². The lowest BCUT2D eigenvalue weighted by Crippen LogP contribution is -2.47. The van der Waals surface area contributed by atoms with Crippen molar-refractivity contribution >= 4 is 35.8 Å². The summed E-state index contributed by atoms with van der Waals surface area (Å²) in [5.41, 5.74) is 0. The van der Waals surface area contributed by atoms with Crippen molar-refractivity contribution in [3.05, 3.63) is 0 Å². The molecule has 0 aromatic carbocycles. The maximum Gasteiger partial charge on any atom is 0.320 e. The van der Waals surface area contributed by atoms with Gasteiger partial charge in [0.1, 0.15) is 12.7 Å². The Morgan fingerprint density at radius 3 is 1.45 bits per heavy atom. The van der Waals surface area contributed by atoms with Crippen molar-refractivity contribution < 1.29 is 57.2 Å². The van der Waals surface area contributed by atoms with Crippen molar-refractivity contribution in [2.45, 2.75) is 58.8 Å². The van der Waals surface area contributed by atoms with Crippen molar-refractivity contribution in [3.8, 4) is 0 Å². The van der Waals surface area contributed by atoms with Crippen LogP contribution in [0.3, 0.4) is 0 Å². The molecule has 0 saturated carbocycles. The van der Waals surface area contributed by atoms with Crippen LogP contribution >= 0.6 is 0 Å². The quantitative estimate of drug-likeness (QED) is 0.225. The summed E-state index contributed by atoms with van der Waals surface area (Å²) in [6.07, 6.45) is -4.40. The number of esters is 6. The summed E-state index contributed by atoms with van der Waals surface area (Å²) in [6.45, 7) is 3.86. The summed E-state index contributed by atoms with van der Waals surface area (Å²) in [6, 6.07) is 0. The minimum absolute atomic E-state index is 0.190. The Labute approximate surface area is 179 Å². The smallest absolute Gasteiger partial charge is 0.320 e. The number of hydrogen-bond acceptors (Lipinski definition) is 12. The topological polar surface area (TPSA) is 158 Å². The molecule has 0 fully saturated rings. The molecule has 0 N–H and O–H groups in total. The van der Waals surface area contributed by atoms with E-state index in [9.17, 15) is 28.8 Å². The summed E-state index contributed by atoms with van der Waals surface area (Å²) in [5.74, 6) is -6.16. The Morgan fingerprint density at radius 1 is 0.613 bits per heavy atom. The first-order valence-corrected chi connectivity index (χ1v) is 9.23. The van der Waals surface area contributed by atoms with E-state index < -0.39 is 66.7 Å². The van der Waals surface area contributed by atoms with Crippen LogP contribution in [0.15, 0.2) is 0 Å². The van der Waals surface area contributed by atoms with Gasteiger partial charge in [0.2, 0.25) is 0 Å². The van der Waals surface area contributed by atoms with Crippen LogP contribution in [0.4, 0.5) is 0 Å². The molecule has 12 heteroatoms. The molecule has 0 aliphatic heterocycles. The van der Waals surface area contributed by atoms with E-state index in [-0.39, 0.29) is 12.8 Å². The minimum Gasteiger partial charge on any atom is -0.468 e. The van der Waals surface area contributed by atoms with Gasteiger partial charge in [-0.2, -0.15) is 0 Å². The van der Waals surface area contributed by atoms with Gasteiger partial charge in [-0.05, 0) is 12.8 Å². The van der Waals surface area contributed by atoms with E-state index in [1.165, 1.54) is 0 Å². The van der Waals surface area contributed by atoms with E-state index in [0.717, 1.165) is 41.9 Å². The van der Waals surface area contributed by atoms with E-state index in [1.807, 2.05) is 0 Å². The molecule has 3 atom stereocenters. The summed E-state index contributed by atoms with van der Waals surface area (Å²) in [5, 5.41) is 0. The zero-order valence-corrected chi connectivity index (χ0v) is 18.3. The molecule has 0 radical (unpaired) electrons. The van der Waals surface area contributed by atoms with Gasteiger partial charge in [0, 0.05) is 27.7 Å². The molecule has 0 spiro atoms. The predicted octanol–water partition coefficient (Wildman–Crippen LogP) is 0.0870. The SMILES string of the molecule is COC(=O)C(CC[C@@H](OC(C)=O)[C@H](OC(C)=O)[C@@H](COC(C)=O)OC(C)=O)C(=O)OC. The van der Waals surface area contributed by atoms with Crippen LogP contribution in [0.5, 0.6) is 0 Å². The molecule has 0 rings (SSSR count). The van der Waals surface area contributed by atoms with Crippen LogP contribution in [-0.2, 0) is 57.2 Å². The molecule has 0 aliphatic rings. The third-order valence-electron chi connectivity index (χ3n) is 3.83. The first kappa shape index (κ1) is 27.8. The Hall–Kier alpha value is -3.18. The first-order valence-electron chi connectivity index (χ1n) is 9.23. The predicted molar refractivity (Wildman–Crippen MR) is 100 cm³/mol. The second-order valence-electron chi connectivity index (χ2n) is 6.35. The molecular formula is C19H28O12. The summed E-state index contributed by atoms with van der Waals surface area (Å²) in [4.78, 5) is 69.8. The highest BCUT2D eigenvalue weighted by molar-refractivity contribution is 5.94. The summed E-state index contributed by atoms with van der Waals surface area (Å²) < 4.78 is 29.5. The third-order valence-corrected chi connectivity index (χ3v) is 3.83. The van der Waals surface area contributed by atoms with Gasteiger partial charge in [-0.25, -0.2) is 0 Å². The first-order chi connectivity index (χ1) is 14.4. The van der Waals surface area contributed by atoms with Gasteiger partial charge in [-0.1, -0.05) is 0 Å². The average Bonchev–Trinajstić information content (AvgIpc) is 2.67. The van der Waals surface area contributed by atoms with E-state index >= 15 is 0 Å². The second-order valence-corrected chi connectivity index (χ2v) is 6.35. The summed E-state index contributed by atoms with van der Waals surface area (Å²) in [7, 11) is 2.17. The zero-order chi connectivity index (χ0) is 24.1. The maximum absolute atomic E-state index is 11.9. The highest BCUT2D eigenvalue weighted by atomic mass is 16.6. The second kappa shape index (κ2) is 13.9. The van der Waals surface area contributed by atoms with Crippen molar-refractivity contribution in [1.82, 2.24) is 0 Å². The van der Waals surface area contributed by atoms with Gasteiger partial charge < -0.3 is 28.4 Å². The minimum atomic E-state index is -1.40. The highest BCUT2D eigenvalue weighted by Crippen LogP contribution is 2.22. The Bertz CT molecular complexity index is 655. The van der Waals surface area contributed by atoms with Crippen molar-refractivity contribution in [3.63, 3.8) is 0 Å². The molecule has 0 unspecified atom stereocenters. The fourth-order valence-electron chi connectivity index (χ4n) is 2.64. The van der Waals surface area contributed by atoms with Gasteiger partial charge >= 0.3 is 35.8 Å². The molecule has 0 aromatic heterocycles. The van der Waals surface area contributed by atoms with Crippen LogP contribution in [0.1, 0.15) is 40.5 Å². The highest BCUT2D eigenvalue weighted by Gasteiger charge is 2.39. The zero-order valence-electron chi connectivity index (χ0n) is 18.3. The number of hydrogen-bond donors (Lipinski definition) is 0. The van der Waals surface area contributed by atoms with Gasteiger partial charge in [-0.15, -0.1) is 0 Å². The van der Waals surface area contributed by atoms with Crippen molar-refractivity contribution in [2.75, 3.05) is 20.8 Å². The molecular weight excluding hydrogens is 420 g/mol. The monoisotopic (exact) mass is 448 g/mol. The van der Waals surface area contributed by atoms with E-state index in [1.54, 1.807) is 0 Å². The fraction of sp³-hybridized carbons (Fsp3) is 0.684. The Kier molecular flexibility index (Phi) is 12.5.